The molecule has 0 unspecified atom stereocenters. The molecule has 4 aliphatic heterocycles. The summed E-state index contributed by atoms with van der Waals surface area (Å²) in [6.45, 7) is 6.86. The van der Waals surface area contributed by atoms with E-state index in [0.29, 0.717) is 101 Å². The topological polar surface area (TPSA) is 199 Å². The Labute approximate surface area is 629 Å². The molecular weight excluding hydrogens is 1460 g/mol. The third-order valence-corrected chi connectivity index (χ3v) is 21.6. The Morgan fingerprint density at radius 1 is 0.450 bits per heavy atom. The van der Waals surface area contributed by atoms with Gasteiger partial charge in [0, 0.05) is 71.7 Å². The number of carbonyl (C=O) groups is 2. The SMILES string of the molecule is COC(=O)[C@@H]1CCCN1Cc1cc2nc(-c3cccc(-c4cccc(-c5nc6cc(CN7CCCC7)cc(C(F)(F)F)c6o5)c4C)c3C)oc2cc1OC(F)F.Cc1c(-c2nc3cc(CN4CCC[C@H]4C(=O)O)c(OC(F)F)cc3o2)cccc1-c1cccc(-c2nc3cc(CN4CCCC4)cc(C(F)(F)F)c3o2)c1C. The van der Waals surface area contributed by atoms with Crippen LogP contribution in [0, 0.1) is 27.7 Å². The predicted molar refractivity (Wildman–Crippen MR) is 394 cm³/mol. The third kappa shape index (κ3) is 15.6. The Morgan fingerprint density at radius 2 is 0.793 bits per heavy atom. The van der Waals surface area contributed by atoms with Gasteiger partial charge in [-0.2, -0.15) is 43.9 Å². The van der Waals surface area contributed by atoms with Gasteiger partial charge in [-0.15, -0.1) is 0 Å². The van der Waals surface area contributed by atoms with Crippen molar-refractivity contribution in [3.8, 4) is 79.6 Å². The number of oxazole rings is 4. The normalized spacial score (nSPS) is 16.9. The van der Waals surface area contributed by atoms with Gasteiger partial charge in [0.1, 0.15) is 56.8 Å². The van der Waals surface area contributed by atoms with E-state index in [1.165, 1.54) is 25.3 Å². The fraction of sp³-hybridized carbons (Fsp3) is 0.349. The van der Waals surface area contributed by atoms with E-state index in [-0.39, 0.29) is 87.5 Å². The summed E-state index contributed by atoms with van der Waals surface area (Å²) < 4.78 is 179. The van der Waals surface area contributed by atoms with E-state index in [4.69, 9.17) is 41.8 Å². The second kappa shape index (κ2) is 30.9. The minimum Gasteiger partial charge on any atom is -0.480 e. The van der Waals surface area contributed by atoms with Crippen LogP contribution < -0.4 is 9.47 Å². The fourth-order valence-electron chi connectivity index (χ4n) is 16.1. The minimum atomic E-state index is -4.63. The Morgan fingerprint density at radius 3 is 1.14 bits per heavy atom. The summed E-state index contributed by atoms with van der Waals surface area (Å²) in [5.74, 6) is -0.905. The molecule has 1 N–H and O–H groups in total. The first-order valence-electron chi connectivity index (χ1n) is 36.6. The number of halogens is 10. The van der Waals surface area contributed by atoms with Gasteiger partial charge in [-0.3, -0.25) is 29.2 Å². The molecule has 2 atom stereocenters. The fourth-order valence-corrected chi connectivity index (χ4v) is 16.1. The number of benzene rings is 8. The Kier molecular flexibility index (Phi) is 21.1. The van der Waals surface area contributed by atoms with Crippen LogP contribution in [0.25, 0.3) is 112 Å². The van der Waals surface area contributed by atoms with Gasteiger partial charge in [-0.25, -0.2) is 19.9 Å². The van der Waals surface area contributed by atoms with Crippen molar-refractivity contribution in [2.24, 2.45) is 0 Å². The van der Waals surface area contributed by atoms with Crippen molar-refractivity contribution in [3.63, 3.8) is 0 Å². The van der Waals surface area contributed by atoms with Gasteiger partial charge in [0.15, 0.2) is 22.3 Å². The van der Waals surface area contributed by atoms with Crippen LogP contribution in [-0.4, -0.2) is 128 Å². The first-order valence-corrected chi connectivity index (χ1v) is 36.6. The van der Waals surface area contributed by atoms with Gasteiger partial charge in [-0.05, 0) is 235 Å². The Bertz CT molecular complexity index is 5520. The molecule has 4 aromatic heterocycles. The number of rotatable bonds is 20. The summed E-state index contributed by atoms with van der Waals surface area (Å²) in [6, 6.07) is 32.5. The van der Waals surface area contributed by atoms with E-state index in [0.717, 1.165) is 109 Å². The van der Waals surface area contributed by atoms with Crippen LogP contribution in [0.2, 0.25) is 0 Å². The number of likely N-dealkylation sites (tertiary alicyclic amines) is 4. The first kappa shape index (κ1) is 75.7. The lowest BCUT2D eigenvalue weighted by molar-refractivity contribution is -0.146. The number of fused-ring (bicyclic) bond motifs is 4. The smallest absolute Gasteiger partial charge is 0.420 e. The number of carbonyl (C=O) groups excluding carboxylic acids is 1. The average Bonchev–Trinajstić information content (AvgIpc) is 1.64. The standard InChI is InChI=1S/C42H39F5N4O5.C41H37F5N4O5/c1-23-27(28-10-7-12-30(24(28)2)39-49-33-18-25(21-50-14-4-5-15-50)17-31(37(33)56-39)42(45,46)47)9-6-11-29(23)38-48-32-19-26(35(55-41(43)44)20-36(32)54-38)22-51-16-8-13-34(51)40(52)53-3;1-22-26(8-5-10-28(22)37-47-31-18-25(21-50-15-7-12-33(50)39(51)52)34(54-40(42)43)19-35(31)53-37)27-9-6-11-29(23(27)2)38-48-32-17-24(20-49-13-3-4-14-49)16-30(36(32)55-38)41(44,45)46/h6-7,9-12,17-20,34,41H,4-5,8,13-16,21-22H2,1-3H3;5-6,8-11,16-19,33,40H,3-4,7,12-15,20-21H2,1-2H3,(H,51,52)/t34-;33-/m00/s1. The van der Waals surface area contributed by atoms with Crippen LogP contribution in [0.15, 0.2) is 139 Å². The van der Waals surface area contributed by atoms with E-state index in [2.05, 4.69) is 19.8 Å². The zero-order valence-electron chi connectivity index (χ0n) is 61.1. The summed E-state index contributed by atoms with van der Waals surface area (Å²) in [7, 11) is 1.32. The van der Waals surface area contributed by atoms with Crippen molar-refractivity contribution >= 4 is 56.3 Å². The molecule has 578 valence electrons. The van der Waals surface area contributed by atoms with Crippen molar-refractivity contribution in [1.29, 1.82) is 0 Å². The van der Waals surface area contributed by atoms with Crippen LogP contribution in [0.1, 0.15) is 107 Å². The lowest BCUT2D eigenvalue weighted by atomic mass is 9.91. The molecule has 0 amide bonds. The first-order chi connectivity index (χ1) is 53.2. The van der Waals surface area contributed by atoms with Crippen LogP contribution >= 0.6 is 0 Å². The van der Waals surface area contributed by atoms with Crippen molar-refractivity contribution in [2.45, 2.75) is 143 Å². The molecule has 28 heteroatoms. The molecule has 0 saturated carbocycles. The number of ether oxygens (including phenoxy) is 3. The number of hydrogen-bond donors (Lipinski definition) is 1. The number of esters is 1. The molecule has 0 bridgehead atoms. The number of carboxylic acids is 1. The van der Waals surface area contributed by atoms with E-state index >= 15 is 0 Å². The highest BCUT2D eigenvalue weighted by atomic mass is 19.4. The van der Waals surface area contributed by atoms with Gasteiger partial charge in [0.25, 0.3) is 0 Å². The molecule has 111 heavy (non-hydrogen) atoms. The summed E-state index contributed by atoms with van der Waals surface area (Å²) in [4.78, 5) is 50.6. The molecule has 16 rings (SSSR count). The van der Waals surface area contributed by atoms with Crippen LogP contribution in [-0.2, 0) is 52.9 Å². The summed E-state index contributed by atoms with van der Waals surface area (Å²) in [6.07, 6.45) is -2.69. The summed E-state index contributed by atoms with van der Waals surface area (Å²) in [5.41, 5.74) is 9.73. The van der Waals surface area contributed by atoms with Crippen molar-refractivity contribution in [2.75, 3.05) is 46.4 Å². The third-order valence-electron chi connectivity index (χ3n) is 21.6. The molecule has 0 aliphatic carbocycles. The molecule has 8 heterocycles. The van der Waals surface area contributed by atoms with Crippen LogP contribution in [0.4, 0.5) is 43.9 Å². The van der Waals surface area contributed by atoms with E-state index in [1.54, 1.807) is 53.4 Å². The highest BCUT2D eigenvalue weighted by Gasteiger charge is 2.39. The number of carboxylic acid groups (broad SMARTS) is 1. The quantitative estimate of drug-likeness (QED) is 0.0557. The van der Waals surface area contributed by atoms with Crippen molar-refractivity contribution in [1.82, 2.24) is 39.5 Å². The molecule has 12 aromatic rings. The Hall–Kier alpha value is -10.7. The number of aliphatic carboxylic acids is 1. The van der Waals surface area contributed by atoms with Gasteiger partial charge < -0.3 is 37.0 Å². The number of alkyl halides is 10. The van der Waals surface area contributed by atoms with Gasteiger partial charge in [0.2, 0.25) is 23.6 Å². The van der Waals surface area contributed by atoms with E-state index < -0.39 is 54.8 Å². The van der Waals surface area contributed by atoms with Crippen LogP contribution in [0.3, 0.4) is 0 Å². The maximum Gasteiger partial charge on any atom is 0.420 e. The lowest BCUT2D eigenvalue weighted by Crippen LogP contribution is -2.36. The number of hydrogen-bond acceptors (Lipinski definition) is 17. The molecule has 8 aromatic carbocycles. The maximum atomic E-state index is 14.3. The number of aromatic nitrogens is 4. The van der Waals surface area contributed by atoms with Crippen molar-refractivity contribution < 1.29 is 90.5 Å². The molecule has 0 spiro atoms. The largest absolute Gasteiger partial charge is 0.480 e. The molecule has 18 nitrogen and oxygen atoms in total. The van der Waals surface area contributed by atoms with Gasteiger partial charge >= 0.3 is 37.5 Å². The van der Waals surface area contributed by atoms with E-state index in [1.807, 2.05) is 81.1 Å². The second-order valence-electron chi connectivity index (χ2n) is 28.7. The second-order valence-corrected chi connectivity index (χ2v) is 28.7. The van der Waals surface area contributed by atoms with Crippen LogP contribution in [0.5, 0.6) is 11.5 Å². The molecular formula is C83H76F10N8O10. The molecule has 4 fully saturated rings. The molecule has 4 aliphatic rings. The van der Waals surface area contributed by atoms with Gasteiger partial charge in [-0.1, -0.05) is 48.5 Å². The average molecular weight is 1540 g/mol. The monoisotopic (exact) mass is 1530 g/mol. The zero-order valence-corrected chi connectivity index (χ0v) is 61.1. The molecule has 4 saturated heterocycles. The maximum absolute atomic E-state index is 14.3. The minimum absolute atomic E-state index is 0.0759. The van der Waals surface area contributed by atoms with E-state index in [9.17, 15) is 58.6 Å². The predicted octanol–water partition coefficient (Wildman–Crippen LogP) is 19.8. The van der Waals surface area contributed by atoms with Gasteiger partial charge in [0.05, 0.1) is 7.11 Å². The number of methoxy groups -OCH3 is 1. The highest BCUT2D eigenvalue weighted by Crippen LogP contribution is 2.46. The number of nitrogens with zero attached hydrogens (tertiary/aromatic N) is 8. The summed E-state index contributed by atoms with van der Waals surface area (Å²) >= 11 is 0. The molecule has 0 radical (unpaired) electrons. The Balaban J connectivity index is 0.000000176. The lowest BCUT2D eigenvalue weighted by Gasteiger charge is -2.23. The zero-order chi connectivity index (χ0) is 77.9. The van der Waals surface area contributed by atoms with Crippen molar-refractivity contribution in [3.05, 3.63) is 177 Å². The highest BCUT2D eigenvalue weighted by molar-refractivity contribution is 5.89. The summed E-state index contributed by atoms with van der Waals surface area (Å²) in [5, 5.41) is 9.65.